The van der Waals surface area contributed by atoms with Gasteiger partial charge in [0.25, 0.3) is 0 Å². The van der Waals surface area contributed by atoms with Crippen molar-refractivity contribution < 1.29 is 52.1 Å². The number of nitrogens with one attached hydrogen (secondary N) is 1. The molecule has 134 valence electrons. The van der Waals surface area contributed by atoms with Crippen LogP contribution in [0.5, 0.6) is 0 Å². The number of nitrogens with zero attached hydrogens (tertiary/aromatic N) is 1. The molecule has 1 unspecified atom stereocenters. The molecule has 0 bridgehead atoms. The summed E-state index contributed by atoms with van der Waals surface area (Å²) < 4.78 is 32.5. The molecule has 1 aliphatic heterocycles. The Morgan fingerprint density at radius 2 is 2.08 bits per heavy atom. The summed E-state index contributed by atoms with van der Waals surface area (Å²) in [5.74, 6) is -0.0688. The normalized spacial score (nSPS) is 16.7. The number of carbonyl (C=O) groups excluding carboxylic acids is 2. The molecule has 1 saturated heterocycles. The van der Waals surface area contributed by atoms with Gasteiger partial charge in [-0.15, -0.1) is 0 Å². The van der Waals surface area contributed by atoms with Gasteiger partial charge < -0.3 is 14.8 Å². The zero-order valence-electron chi connectivity index (χ0n) is 14.8. The van der Waals surface area contributed by atoms with Crippen molar-refractivity contribution in [1.82, 2.24) is 10.2 Å². The Kier molecular flexibility index (Phi) is 10.5. The molecule has 1 heterocycles. The van der Waals surface area contributed by atoms with Gasteiger partial charge in [-0.25, -0.2) is 8.42 Å². The van der Waals surface area contributed by atoms with Gasteiger partial charge in [0.05, 0.1) is 15.9 Å². The predicted octanol–water partition coefficient (Wildman–Crippen LogP) is -2.44. The number of rotatable bonds is 9. The first-order valence-electron chi connectivity index (χ1n) is 7.57. The first kappa shape index (κ1) is 24.2. The number of thioether (sulfide) groups is 1. The van der Waals surface area contributed by atoms with E-state index in [4.69, 9.17) is 0 Å². The summed E-state index contributed by atoms with van der Waals surface area (Å²) in [6.07, 6.45) is 4.08. The van der Waals surface area contributed by atoms with Crippen LogP contribution in [0.4, 0.5) is 0 Å². The number of hydrogen-bond acceptors (Lipinski definition) is 6. The molecule has 0 aliphatic carbocycles. The van der Waals surface area contributed by atoms with E-state index in [2.05, 4.69) is 5.32 Å². The van der Waals surface area contributed by atoms with E-state index >= 15 is 0 Å². The SMILES string of the molecule is CSCC(CCC(=O)NC(C)(C)CS(=O)(=O)[O-])N1CCCC1=O.[Na+]. The van der Waals surface area contributed by atoms with Gasteiger partial charge in [-0.05, 0) is 32.9 Å². The number of likely N-dealkylation sites (tertiary alicyclic amines) is 1. The first-order chi connectivity index (χ1) is 10.5. The molecule has 1 N–H and O–H groups in total. The fourth-order valence-electron chi connectivity index (χ4n) is 2.79. The Bertz CT molecular complexity index is 539. The van der Waals surface area contributed by atoms with Crippen LogP contribution in [0.2, 0.25) is 0 Å². The monoisotopic (exact) mass is 388 g/mol. The second-order valence-corrected chi connectivity index (χ2v) is 8.79. The molecule has 0 spiro atoms. The van der Waals surface area contributed by atoms with Crippen molar-refractivity contribution in [2.45, 2.75) is 51.1 Å². The van der Waals surface area contributed by atoms with Gasteiger partial charge in [0.2, 0.25) is 11.8 Å². The van der Waals surface area contributed by atoms with Crippen LogP contribution in [0.25, 0.3) is 0 Å². The van der Waals surface area contributed by atoms with Crippen LogP contribution < -0.4 is 34.9 Å². The molecule has 0 radical (unpaired) electrons. The van der Waals surface area contributed by atoms with E-state index in [0.29, 0.717) is 12.8 Å². The third kappa shape index (κ3) is 9.05. The van der Waals surface area contributed by atoms with E-state index in [9.17, 15) is 22.6 Å². The average molecular weight is 388 g/mol. The summed E-state index contributed by atoms with van der Waals surface area (Å²) in [6, 6.07) is 0.0112. The molecular formula is C14H25N2NaO5S2. The van der Waals surface area contributed by atoms with Crippen LogP contribution in [0.15, 0.2) is 0 Å². The molecule has 1 aliphatic rings. The smallest absolute Gasteiger partial charge is 0.748 e. The van der Waals surface area contributed by atoms with Crippen LogP contribution in [0.1, 0.15) is 39.5 Å². The first-order valence-corrected chi connectivity index (χ1v) is 10.5. The standard InChI is InChI=1S/C14H26N2O5S2.Na/c1-14(2,10-23(19,20)21)15-12(17)7-6-11(9-22-3)16-8-4-5-13(16)18;/h11H,4-10H2,1-3H3,(H,15,17)(H,19,20,21);/q;+1/p-1. The largest absolute Gasteiger partial charge is 1.00 e. The van der Waals surface area contributed by atoms with Crippen LogP contribution >= 0.6 is 11.8 Å². The van der Waals surface area contributed by atoms with Crippen LogP contribution in [0, 0.1) is 0 Å². The maximum absolute atomic E-state index is 12.0. The average Bonchev–Trinajstić information content (AvgIpc) is 2.77. The van der Waals surface area contributed by atoms with E-state index < -0.39 is 21.4 Å². The fourth-order valence-corrected chi connectivity index (χ4v) is 4.48. The Labute approximate surface area is 170 Å². The number of amides is 2. The van der Waals surface area contributed by atoms with Gasteiger partial charge in [0, 0.05) is 36.7 Å². The molecule has 2 amide bonds. The summed E-state index contributed by atoms with van der Waals surface area (Å²) in [6.45, 7) is 3.74. The van der Waals surface area contributed by atoms with E-state index in [1.165, 1.54) is 13.8 Å². The topological polar surface area (TPSA) is 107 Å². The molecular weight excluding hydrogens is 363 g/mol. The summed E-state index contributed by atoms with van der Waals surface area (Å²) in [5.41, 5.74) is -1.10. The third-order valence-electron chi connectivity index (χ3n) is 3.63. The van der Waals surface area contributed by atoms with Gasteiger partial charge >= 0.3 is 29.6 Å². The van der Waals surface area contributed by atoms with Crippen molar-refractivity contribution in [3.63, 3.8) is 0 Å². The maximum Gasteiger partial charge on any atom is 1.00 e. The zero-order valence-corrected chi connectivity index (χ0v) is 18.5. The summed E-state index contributed by atoms with van der Waals surface area (Å²) in [7, 11) is -4.41. The van der Waals surface area contributed by atoms with Gasteiger partial charge in [-0.3, -0.25) is 9.59 Å². The summed E-state index contributed by atoms with van der Waals surface area (Å²) >= 11 is 1.63. The number of carbonyl (C=O) groups is 2. The van der Waals surface area contributed by atoms with Crippen molar-refractivity contribution in [1.29, 1.82) is 0 Å². The van der Waals surface area contributed by atoms with Crippen LogP contribution in [-0.4, -0.2) is 65.6 Å². The van der Waals surface area contributed by atoms with Crippen molar-refractivity contribution >= 4 is 33.7 Å². The summed E-state index contributed by atoms with van der Waals surface area (Å²) in [5, 5.41) is 2.58. The molecule has 7 nitrogen and oxygen atoms in total. The molecule has 1 fully saturated rings. The van der Waals surface area contributed by atoms with Crippen molar-refractivity contribution in [2.75, 3.05) is 24.3 Å². The Hall–Kier alpha value is 0.200. The molecule has 24 heavy (non-hydrogen) atoms. The van der Waals surface area contributed by atoms with Crippen molar-refractivity contribution in [3.8, 4) is 0 Å². The van der Waals surface area contributed by atoms with Crippen LogP contribution in [-0.2, 0) is 19.7 Å². The third-order valence-corrected chi connectivity index (χ3v) is 5.42. The Morgan fingerprint density at radius 3 is 2.54 bits per heavy atom. The summed E-state index contributed by atoms with van der Waals surface area (Å²) in [4.78, 5) is 25.7. The van der Waals surface area contributed by atoms with E-state index in [1.54, 1.807) is 11.8 Å². The van der Waals surface area contributed by atoms with Crippen molar-refractivity contribution in [3.05, 3.63) is 0 Å². The Balaban J connectivity index is 0.00000529. The van der Waals surface area contributed by atoms with E-state index in [-0.39, 0.29) is 53.8 Å². The predicted molar refractivity (Wildman–Crippen MR) is 89.1 cm³/mol. The van der Waals surface area contributed by atoms with E-state index in [0.717, 1.165) is 18.7 Å². The number of hydrogen-bond donors (Lipinski definition) is 1. The van der Waals surface area contributed by atoms with Gasteiger partial charge in [0.15, 0.2) is 0 Å². The zero-order chi connectivity index (χ0) is 17.7. The van der Waals surface area contributed by atoms with Gasteiger partial charge in [-0.2, -0.15) is 11.8 Å². The molecule has 1 atom stereocenters. The molecule has 0 saturated carbocycles. The minimum Gasteiger partial charge on any atom is -0.748 e. The van der Waals surface area contributed by atoms with Gasteiger partial charge in [0.1, 0.15) is 0 Å². The maximum atomic E-state index is 12.0. The molecule has 0 aromatic heterocycles. The minimum atomic E-state index is -4.41. The fraction of sp³-hybridized carbons (Fsp3) is 0.857. The molecule has 1 rings (SSSR count). The van der Waals surface area contributed by atoms with Crippen molar-refractivity contribution in [2.24, 2.45) is 0 Å². The van der Waals surface area contributed by atoms with Crippen LogP contribution in [0.3, 0.4) is 0 Å². The quantitative estimate of drug-likeness (QED) is 0.348. The molecule has 10 heteroatoms. The minimum absolute atomic E-state index is 0. The van der Waals surface area contributed by atoms with Gasteiger partial charge in [-0.1, -0.05) is 0 Å². The molecule has 0 aromatic carbocycles. The second kappa shape index (κ2) is 10.4. The Morgan fingerprint density at radius 1 is 1.46 bits per heavy atom. The van der Waals surface area contributed by atoms with E-state index in [1.807, 2.05) is 11.2 Å². The molecule has 0 aromatic rings. The second-order valence-electron chi connectivity index (χ2n) is 6.47.